The van der Waals surface area contributed by atoms with E-state index in [0.29, 0.717) is 17.9 Å². The molecule has 0 unspecified atom stereocenters. The summed E-state index contributed by atoms with van der Waals surface area (Å²) >= 11 is 5.01. The number of nitrogens with two attached hydrogens (primary N) is 1. The number of ether oxygens (including phenoxy) is 1. The van der Waals surface area contributed by atoms with Gasteiger partial charge in [0.05, 0.1) is 5.56 Å². The lowest BCUT2D eigenvalue weighted by Crippen LogP contribution is -2.08. The van der Waals surface area contributed by atoms with Crippen molar-refractivity contribution in [3.8, 4) is 0 Å². The quantitative estimate of drug-likeness (QED) is 0.516. The molecule has 0 bridgehead atoms. The first-order valence-corrected chi connectivity index (χ1v) is 6.89. The monoisotopic (exact) mass is 303 g/mol. The van der Waals surface area contributed by atoms with Crippen molar-refractivity contribution in [2.45, 2.75) is 6.92 Å². The minimum absolute atomic E-state index is 0.323. The van der Waals surface area contributed by atoms with Gasteiger partial charge in [0.2, 0.25) is 0 Å². The SMILES string of the molecule is CCSCCOC(=O)c1ccc(Br)c(N)c1. The molecule has 0 aromatic heterocycles. The lowest BCUT2D eigenvalue weighted by Gasteiger charge is -2.05. The molecule has 0 fully saturated rings. The third-order valence-electron chi connectivity index (χ3n) is 1.90. The predicted octanol–water partition coefficient (Wildman–Crippen LogP) is 2.94. The topological polar surface area (TPSA) is 52.3 Å². The maximum Gasteiger partial charge on any atom is 0.338 e. The molecular formula is C11H14BrNO2S. The van der Waals surface area contributed by atoms with Crippen molar-refractivity contribution in [2.24, 2.45) is 0 Å². The van der Waals surface area contributed by atoms with E-state index in [1.807, 2.05) is 0 Å². The molecule has 0 spiro atoms. The average Bonchev–Trinajstić information content (AvgIpc) is 2.28. The zero-order valence-electron chi connectivity index (χ0n) is 9.03. The van der Waals surface area contributed by atoms with Crippen molar-refractivity contribution in [3.63, 3.8) is 0 Å². The molecule has 1 aromatic rings. The Morgan fingerprint density at radius 1 is 1.56 bits per heavy atom. The minimum Gasteiger partial charge on any atom is -0.461 e. The summed E-state index contributed by atoms with van der Waals surface area (Å²) in [5.41, 5.74) is 6.70. The molecule has 0 heterocycles. The molecule has 88 valence electrons. The summed E-state index contributed by atoms with van der Waals surface area (Å²) in [6, 6.07) is 5.04. The number of hydrogen-bond acceptors (Lipinski definition) is 4. The molecule has 0 aliphatic heterocycles. The van der Waals surface area contributed by atoms with Crippen LogP contribution < -0.4 is 5.73 Å². The van der Waals surface area contributed by atoms with E-state index >= 15 is 0 Å². The average molecular weight is 304 g/mol. The summed E-state index contributed by atoms with van der Waals surface area (Å²) < 4.78 is 5.88. The molecule has 16 heavy (non-hydrogen) atoms. The fourth-order valence-corrected chi connectivity index (χ4v) is 1.83. The van der Waals surface area contributed by atoms with Crippen LogP contribution in [0.3, 0.4) is 0 Å². The molecular weight excluding hydrogens is 290 g/mol. The molecule has 5 heteroatoms. The van der Waals surface area contributed by atoms with Crippen LogP contribution in [0.25, 0.3) is 0 Å². The van der Waals surface area contributed by atoms with Crippen LogP contribution in [0, 0.1) is 0 Å². The Labute approximate surface area is 108 Å². The number of thioether (sulfide) groups is 1. The third kappa shape index (κ3) is 4.06. The Kier molecular flexibility index (Phi) is 5.69. The van der Waals surface area contributed by atoms with Gasteiger partial charge in [-0.25, -0.2) is 4.79 Å². The largest absolute Gasteiger partial charge is 0.461 e. The van der Waals surface area contributed by atoms with Gasteiger partial charge in [-0.2, -0.15) is 11.8 Å². The third-order valence-corrected chi connectivity index (χ3v) is 3.48. The highest BCUT2D eigenvalue weighted by atomic mass is 79.9. The van der Waals surface area contributed by atoms with Gasteiger partial charge in [-0.3, -0.25) is 0 Å². The highest BCUT2D eigenvalue weighted by Gasteiger charge is 2.08. The van der Waals surface area contributed by atoms with Gasteiger partial charge >= 0.3 is 5.97 Å². The molecule has 0 saturated heterocycles. The van der Waals surface area contributed by atoms with Gasteiger partial charge in [-0.05, 0) is 39.9 Å². The van der Waals surface area contributed by atoms with Crippen LogP contribution in [0.15, 0.2) is 22.7 Å². The van der Waals surface area contributed by atoms with Crippen LogP contribution >= 0.6 is 27.7 Å². The summed E-state index contributed by atoms with van der Waals surface area (Å²) in [6.45, 7) is 2.51. The summed E-state index contributed by atoms with van der Waals surface area (Å²) in [7, 11) is 0. The van der Waals surface area contributed by atoms with Gasteiger partial charge in [-0.15, -0.1) is 0 Å². The van der Waals surface area contributed by atoms with Crippen LogP contribution in [-0.2, 0) is 4.74 Å². The number of anilines is 1. The second kappa shape index (κ2) is 6.81. The Morgan fingerprint density at radius 2 is 2.31 bits per heavy atom. The Morgan fingerprint density at radius 3 is 2.94 bits per heavy atom. The second-order valence-electron chi connectivity index (χ2n) is 3.07. The molecule has 2 N–H and O–H groups in total. The van der Waals surface area contributed by atoms with Gasteiger partial charge in [0.25, 0.3) is 0 Å². The number of benzene rings is 1. The first-order chi connectivity index (χ1) is 7.65. The van der Waals surface area contributed by atoms with Crippen LogP contribution in [0.1, 0.15) is 17.3 Å². The van der Waals surface area contributed by atoms with Gasteiger partial charge in [0.15, 0.2) is 0 Å². The fraction of sp³-hybridized carbons (Fsp3) is 0.364. The normalized spacial score (nSPS) is 10.1. The van der Waals surface area contributed by atoms with E-state index < -0.39 is 0 Å². The van der Waals surface area contributed by atoms with Crippen LogP contribution in [0.4, 0.5) is 5.69 Å². The van der Waals surface area contributed by atoms with E-state index in [1.165, 1.54) is 0 Å². The van der Waals surface area contributed by atoms with E-state index in [-0.39, 0.29) is 5.97 Å². The smallest absolute Gasteiger partial charge is 0.338 e. The maximum atomic E-state index is 11.6. The predicted molar refractivity (Wildman–Crippen MR) is 71.8 cm³/mol. The second-order valence-corrected chi connectivity index (χ2v) is 5.32. The number of nitrogen functional groups attached to an aromatic ring is 1. The molecule has 0 aliphatic carbocycles. The number of carbonyl (C=O) groups is 1. The van der Waals surface area contributed by atoms with Crippen LogP contribution in [0.2, 0.25) is 0 Å². The summed E-state index contributed by atoms with van der Waals surface area (Å²) in [5, 5.41) is 0. The summed E-state index contributed by atoms with van der Waals surface area (Å²) in [5.74, 6) is 1.53. The van der Waals surface area contributed by atoms with E-state index in [0.717, 1.165) is 16.0 Å². The maximum absolute atomic E-state index is 11.6. The Hall–Kier alpha value is -0.680. The summed E-state index contributed by atoms with van der Waals surface area (Å²) in [4.78, 5) is 11.6. The van der Waals surface area contributed by atoms with Gasteiger partial charge in [0.1, 0.15) is 6.61 Å². The first-order valence-electron chi connectivity index (χ1n) is 4.95. The number of hydrogen-bond donors (Lipinski definition) is 1. The van der Waals surface area contributed by atoms with E-state index in [4.69, 9.17) is 10.5 Å². The molecule has 0 saturated carbocycles. The highest BCUT2D eigenvalue weighted by molar-refractivity contribution is 9.10. The van der Waals surface area contributed by atoms with Crippen molar-refractivity contribution in [1.29, 1.82) is 0 Å². The van der Waals surface area contributed by atoms with Crippen molar-refractivity contribution in [2.75, 3.05) is 23.8 Å². The van der Waals surface area contributed by atoms with Crippen molar-refractivity contribution in [3.05, 3.63) is 28.2 Å². The van der Waals surface area contributed by atoms with Gasteiger partial charge in [0, 0.05) is 15.9 Å². The highest BCUT2D eigenvalue weighted by Crippen LogP contribution is 2.20. The number of esters is 1. The molecule has 1 aromatic carbocycles. The molecule has 1 rings (SSSR count). The number of carbonyl (C=O) groups excluding carboxylic acids is 1. The van der Waals surface area contributed by atoms with Crippen LogP contribution in [0.5, 0.6) is 0 Å². The molecule has 0 radical (unpaired) electrons. The van der Waals surface area contributed by atoms with Gasteiger partial charge < -0.3 is 10.5 Å². The first kappa shape index (κ1) is 13.4. The van der Waals surface area contributed by atoms with Crippen molar-refractivity contribution < 1.29 is 9.53 Å². The van der Waals surface area contributed by atoms with E-state index in [2.05, 4.69) is 22.9 Å². The van der Waals surface area contributed by atoms with Crippen molar-refractivity contribution >= 4 is 39.3 Å². The van der Waals surface area contributed by atoms with Gasteiger partial charge in [-0.1, -0.05) is 6.92 Å². The Bertz CT molecular complexity index is 371. The molecule has 3 nitrogen and oxygen atoms in total. The number of halogens is 1. The zero-order valence-corrected chi connectivity index (χ0v) is 11.4. The lowest BCUT2D eigenvalue weighted by molar-refractivity contribution is 0.0530. The lowest BCUT2D eigenvalue weighted by atomic mass is 10.2. The minimum atomic E-state index is -0.323. The molecule has 0 aliphatic rings. The van der Waals surface area contributed by atoms with Crippen molar-refractivity contribution in [1.82, 2.24) is 0 Å². The van der Waals surface area contributed by atoms with E-state index in [9.17, 15) is 4.79 Å². The molecule has 0 atom stereocenters. The number of rotatable bonds is 5. The fourth-order valence-electron chi connectivity index (χ4n) is 1.09. The standard InChI is InChI=1S/C11H14BrNO2S/c1-2-16-6-5-15-11(14)8-3-4-9(12)10(13)7-8/h3-4,7H,2,5-6,13H2,1H3. The van der Waals surface area contributed by atoms with E-state index in [1.54, 1.807) is 30.0 Å². The van der Waals surface area contributed by atoms with Crippen LogP contribution in [-0.4, -0.2) is 24.1 Å². The Balaban J connectivity index is 2.50. The zero-order chi connectivity index (χ0) is 12.0. The molecule has 0 amide bonds. The summed E-state index contributed by atoms with van der Waals surface area (Å²) in [6.07, 6.45) is 0.